The van der Waals surface area contributed by atoms with Crippen molar-refractivity contribution < 1.29 is 17.8 Å². The first-order chi connectivity index (χ1) is 9.36. The van der Waals surface area contributed by atoms with Crippen LogP contribution in [0, 0.1) is 5.92 Å². The molecule has 20 heavy (non-hydrogen) atoms. The average Bonchev–Trinajstić information content (AvgIpc) is 2.87. The summed E-state index contributed by atoms with van der Waals surface area (Å²) in [5, 5.41) is 1.87. The molecule has 1 saturated carbocycles. The van der Waals surface area contributed by atoms with E-state index in [4.69, 9.17) is 10.3 Å². The Hall–Kier alpha value is -0.830. The second-order valence-electron chi connectivity index (χ2n) is 5.62. The van der Waals surface area contributed by atoms with E-state index in [9.17, 15) is 13.2 Å². The van der Waals surface area contributed by atoms with Gasteiger partial charge in [0.05, 0.1) is 6.04 Å². The topological polar surface area (TPSA) is 122 Å². The second kappa shape index (κ2) is 6.30. The van der Waals surface area contributed by atoms with Gasteiger partial charge >= 0.3 is 0 Å². The Labute approximate surface area is 118 Å². The predicted molar refractivity (Wildman–Crippen MR) is 75.2 cm³/mol. The zero-order valence-electron chi connectivity index (χ0n) is 11.2. The van der Waals surface area contributed by atoms with Crippen molar-refractivity contribution >= 4 is 22.2 Å². The van der Waals surface area contributed by atoms with Gasteiger partial charge in [-0.25, -0.2) is 4.99 Å². The van der Waals surface area contributed by atoms with Gasteiger partial charge in [-0.3, -0.25) is 9.35 Å². The van der Waals surface area contributed by atoms with Crippen LogP contribution in [0.5, 0.6) is 0 Å². The summed E-state index contributed by atoms with van der Waals surface area (Å²) in [6, 6.07) is -0.369. The minimum absolute atomic E-state index is 0.0740. The van der Waals surface area contributed by atoms with Crippen LogP contribution < -0.4 is 11.1 Å². The Kier molecular flexibility index (Phi) is 4.90. The summed E-state index contributed by atoms with van der Waals surface area (Å²) in [5.41, 5.74) is 5.81. The molecular weight excluding hydrogens is 282 g/mol. The molecule has 2 rings (SSSR count). The van der Waals surface area contributed by atoms with Gasteiger partial charge < -0.3 is 11.1 Å². The third-order valence-electron chi connectivity index (χ3n) is 4.04. The molecule has 8 heteroatoms. The number of carbonyl (C=O) groups is 1. The number of hydrogen-bond donors (Lipinski definition) is 3. The average molecular weight is 303 g/mol. The fraction of sp³-hybridized carbons (Fsp3) is 0.833. The van der Waals surface area contributed by atoms with E-state index >= 15 is 0 Å². The van der Waals surface area contributed by atoms with Gasteiger partial charge in [0.2, 0.25) is 0 Å². The highest BCUT2D eigenvalue weighted by Crippen LogP contribution is 2.22. The van der Waals surface area contributed by atoms with Gasteiger partial charge in [0, 0.05) is 18.8 Å². The maximum atomic E-state index is 11.9. The molecule has 0 radical (unpaired) electrons. The Bertz CT molecular complexity index is 483. The predicted octanol–water partition coefficient (Wildman–Crippen LogP) is -0.280. The number of amides is 1. The van der Waals surface area contributed by atoms with Gasteiger partial charge in [-0.2, -0.15) is 8.42 Å². The maximum Gasteiger partial charge on any atom is 0.269 e. The summed E-state index contributed by atoms with van der Waals surface area (Å²) in [6.07, 6.45) is 5.49. The number of rotatable bonds is 3. The van der Waals surface area contributed by atoms with E-state index in [1.54, 1.807) is 6.21 Å². The minimum Gasteiger partial charge on any atom is -0.328 e. The summed E-state index contributed by atoms with van der Waals surface area (Å²) in [6.45, 7) is 0.0864. The molecule has 7 nitrogen and oxygen atoms in total. The monoisotopic (exact) mass is 303 g/mol. The lowest BCUT2D eigenvalue weighted by atomic mass is 9.87. The second-order valence-corrected chi connectivity index (χ2v) is 7.32. The van der Waals surface area contributed by atoms with Crippen molar-refractivity contribution in [3.05, 3.63) is 0 Å². The van der Waals surface area contributed by atoms with E-state index in [0.717, 1.165) is 25.7 Å². The molecular formula is C12H21N3O4S. The van der Waals surface area contributed by atoms with Crippen LogP contribution in [0.3, 0.4) is 0 Å². The highest BCUT2D eigenvalue weighted by Gasteiger charge is 2.36. The van der Waals surface area contributed by atoms with E-state index in [1.165, 1.54) is 0 Å². The molecule has 0 aromatic rings. The normalized spacial score (nSPS) is 35.5. The molecule has 1 saturated heterocycles. The molecule has 0 aromatic carbocycles. The molecule has 2 aliphatic rings. The lowest BCUT2D eigenvalue weighted by molar-refractivity contribution is -0.119. The van der Waals surface area contributed by atoms with Crippen LogP contribution >= 0.6 is 0 Å². The highest BCUT2D eigenvalue weighted by atomic mass is 32.2. The van der Waals surface area contributed by atoms with Crippen molar-refractivity contribution in [3.63, 3.8) is 0 Å². The number of hydrogen-bond acceptors (Lipinski definition) is 5. The molecule has 2 fully saturated rings. The number of carbonyl (C=O) groups excluding carboxylic acids is 1. The lowest BCUT2D eigenvalue weighted by Gasteiger charge is -2.22. The maximum absolute atomic E-state index is 11.9. The van der Waals surface area contributed by atoms with Crippen molar-refractivity contribution in [1.29, 1.82) is 0 Å². The summed E-state index contributed by atoms with van der Waals surface area (Å²) in [5.74, 6) is -0.0939. The first-order valence-corrected chi connectivity index (χ1v) is 8.40. The van der Waals surface area contributed by atoms with Crippen molar-refractivity contribution in [2.75, 3.05) is 6.54 Å². The van der Waals surface area contributed by atoms with E-state index in [1.807, 2.05) is 0 Å². The van der Waals surface area contributed by atoms with Crippen molar-refractivity contribution in [3.8, 4) is 0 Å². The van der Waals surface area contributed by atoms with E-state index < -0.39 is 21.4 Å². The van der Waals surface area contributed by atoms with Crippen molar-refractivity contribution in [2.45, 2.75) is 49.4 Å². The van der Waals surface area contributed by atoms with Gasteiger partial charge in [-0.15, -0.1) is 0 Å². The molecule has 114 valence electrons. The van der Waals surface area contributed by atoms with Crippen LogP contribution in [0.2, 0.25) is 0 Å². The molecule has 0 bridgehead atoms. The summed E-state index contributed by atoms with van der Waals surface area (Å²) >= 11 is 0. The molecule has 0 spiro atoms. The van der Waals surface area contributed by atoms with E-state index in [2.05, 4.69) is 10.3 Å². The summed E-state index contributed by atoms with van der Waals surface area (Å²) in [4.78, 5) is 15.8. The first-order valence-electron chi connectivity index (χ1n) is 6.89. The number of aliphatic imine (C=N–C) groups is 1. The summed E-state index contributed by atoms with van der Waals surface area (Å²) in [7, 11) is -4.09. The van der Waals surface area contributed by atoms with Crippen LogP contribution in [0.1, 0.15) is 32.1 Å². The van der Waals surface area contributed by atoms with Gasteiger partial charge in [0.1, 0.15) is 5.25 Å². The Morgan fingerprint density at radius 2 is 1.95 bits per heavy atom. The largest absolute Gasteiger partial charge is 0.328 e. The van der Waals surface area contributed by atoms with E-state index in [0.29, 0.717) is 0 Å². The lowest BCUT2D eigenvalue weighted by Crippen LogP contribution is -2.30. The number of nitrogens with zero attached hydrogens (tertiary/aromatic N) is 1. The van der Waals surface area contributed by atoms with Crippen LogP contribution in [-0.4, -0.2) is 49.0 Å². The zero-order valence-corrected chi connectivity index (χ0v) is 12.1. The Morgan fingerprint density at radius 3 is 2.50 bits per heavy atom. The van der Waals surface area contributed by atoms with Crippen LogP contribution in [0.4, 0.5) is 0 Å². The van der Waals surface area contributed by atoms with E-state index in [-0.39, 0.29) is 30.8 Å². The van der Waals surface area contributed by atoms with Gasteiger partial charge in [0.15, 0.2) is 0 Å². The SMILES string of the molecule is NC1CCC(/C=N/C(=O)[C@@H]2C[C@H](S(=O)(=O)O)CN2)CC1. The van der Waals surface area contributed by atoms with Crippen LogP contribution in [0.25, 0.3) is 0 Å². The molecule has 4 N–H and O–H groups in total. The third-order valence-corrected chi connectivity index (χ3v) is 5.24. The van der Waals surface area contributed by atoms with Crippen molar-refractivity contribution in [2.24, 2.45) is 16.6 Å². The zero-order chi connectivity index (χ0) is 14.8. The Morgan fingerprint density at radius 1 is 1.30 bits per heavy atom. The fourth-order valence-corrected chi connectivity index (χ4v) is 3.42. The highest BCUT2D eigenvalue weighted by molar-refractivity contribution is 7.86. The van der Waals surface area contributed by atoms with Crippen LogP contribution in [-0.2, 0) is 14.9 Å². The van der Waals surface area contributed by atoms with Crippen molar-refractivity contribution in [1.82, 2.24) is 5.32 Å². The molecule has 1 aliphatic carbocycles. The molecule has 0 unspecified atom stereocenters. The molecule has 2 atom stereocenters. The molecule has 1 aliphatic heterocycles. The van der Waals surface area contributed by atoms with Gasteiger partial charge in [-0.05, 0) is 38.0 Å². The Balaban J connectivity index is 1.84. The standard InChI is InChI=1S/C12H21N3O4S/c13-9-3-1-8(2-4-9)6-15-12(16)11-5-10(7-14-11)20(17,18)19/h6,8-11,14H,1-5,7,13H2,(H,17,18,19)/b15-6+/t8?,9?,10-,11-/m0/s1. The minimum atomic E-state index is -4.09. The van der Waals surface area contributed by atoms with Crippen LogP contribution in [0.15, 0.2) is 4.99 Å². The quantitative estimate of drug-likeness (QED) is 0.487. The van der Waals surface area contributed by atoms with Gasteiger partial charge in [-0.1, -0.05) is 0 Å². The molecule has 1 amide bonds. The number of nitrogens with two attached hydrogens (primary N) is 1. The molecule has 1 heterocycles. The number of nitrogens with one attached hydrogen (secondary N) is 1. The first kappa shape index (κ1) is 15.6. The smallest absolute Gasteiger partial charge is 0.269 e. The third kappa shape index (κ3) is 4.08. The summed E-state index contributed by atoms with van der Waals surface area (Å²) < 4.78 is 30.9. The fourth-order valence-electron chi connectivity index (χ4n) is 2.68. The van der Waals surface area contributed by atoms with Gasteiger partial charge in [0.25, 0.3) is 16.0 Å². The molecule has 0 aromatic heterocycles.